The Morgan fingerprint density at radius 1 is 1.33 bits per heavy atom. The Labute approximate surface area is 109 Å². The molecule has 0 aromatic rings. The largest absolute Gasteiger partial charge is 0.372 e. The fraction of sp³-hybridized carbons (Fsp3) is 0.909. The van der Waals surface area contributed by atoms with E-state index in [4.69, 9.17) is 4.74 Å². The van der Waals surface area contributed by atoms with Gasteiger partial charge >= 0.3 is 0 Å². The Bertz CT molecular complexity index is 361. The van der Waals surface area contributed by atoms with Gasteiger partial charge in [0.2, 0.25) is 15.9 Å². The molecule has 0 aromatic heterocycles. The molecule has 1 fully saturated rings. The van der Waals surface area contributed by atoms with Crippen LogP contribution in [-0.2, 0) is 19.6 Å². The molecule has 1 N–H and O–H groups in total. The topological polar surface area (TPSA) is 75.7 Å². The molecule has 0 unspecified atom stereocenters. The second kappa shape index (κ2) is 7.06. The summed E-state index contributed by atoms with van der Waals surface area (Å²) in [6, 6.07) is -0.0499. The molecule has 1 rings (SSSR count). The van der Waals surface area contributed by atoms with Gasteiger partial charge in [-0.15, -0.1) is 0 Å². The Balaban J connectivity index is 2.35. The molecule has 0 radical (unpaired) electrons. The lowest BCUT2D eigenvalue weighted by Crippen LogP contribution is -2.47. The van der Waals surface area contributed by atoms with Crippen LogP contribution in [0.1, 0.15) is 26.7 Å². The lowest BCUT2D eigenvalue weighted by Gasteiger charge is -2.32. The summed E-state index contributed by atoms with van der Waals surface area (Å²) in [4.78, 5) is 13.4. The predicted octanol–water partition coefficient (Wildman–Crippen LogP) is -0.0468. The first-order valence-electron chi connectivity index (χ1n) is 6.34. The number of nitrogens with one attached hydrogen (secondary N) is 1. The van der Waals surface area contributed by atoms with E-state index in [1.165, 1.54) is 0 Å². The molecule has 1 aliphatic heterocycles. The molecule has 1 aliphatic rings. The van der Waals surface area contributed by atoms with Crippen LogP contribution in [0.2, 0.25) is 0 Å². The lowest BCUT2D eigenvalue weighted by molar-refractivity contribution is -0.137. The van der Waals surface area contributed by atoms with Crippen LogP contribution in [0.25, 0.3) is 0 Å². The van der Waals surface area contributed by atoms with Crippen molar-refractivity contribution >= 4 is 15.9 Å². The minimum atomic E-state index is -3.15. The van der Waals surface area contributed by atoms with Crippen LogP contribution in [-0.4, -0.2) is 57.3 Å². The molecule has 0 bridgehead atoms. The van der Waals surface area contributed by atoms with Crippen molar-refractivity contribution in [1.82, 2.24) is 9.62 Å². The summed E-state index contributed by atoms with van der Waals surface area (Å²) in [6.07, 6.45) is 1.33. The summed E-state index contributed by atoms with van der Waals surface area (Å²) < 4.78 is 30.5. The van der Waals surface area contributed by atoms with Gasteiger partial charge in [-0.05, 0) is 26.7 Å². The minimum absolute atomic E-state index is 0.0198. The predicted molar refractivity (Wildman–Crippen MR) is 68.7 cm³/mol. The lowest BCUT2D eigenvalue weighted by atomic mass is 10.1. The number of sulfonamides is 1. The molecule has 1 amide bonds. The number of likely N-dealkylation sites (tertiary alicyclic amines) is 1. The van der Waals surface area contributed by atoms with Gasteiger partial charge in [-0.2, -0.15) is 0 Å². The van der Waals surface area contributed by atoms with E-state index in [0.717, 1.165) is 0 Å². The van der Waals surface area contributed by atoms with Crippen LogP contribution in [0.5, 0.6) is 0 Å². The van der Waals surface area contributed by atoms with Crippen LogP contribution in [0.3, 0.4) is 0 Å². The van der Waals surface area contributed by atoms with Gasteiger partial charge in [0.15, 0.2) is 0 Å². The number of hydrogen-bond acceptors (Lipinski definition) is 4. The molecule has 18 heavy (non-hydrogen) atoms. The maximum absolute atomic E-state index is 11.7. The average Bonchev–Trinajstić information content (AvgIpc) is 2.36. The second-order valence-electron chi connectivity index (χ2n) is 4.31. The van der Waals surface area contributed by atoms with Crippen molar-refractivity contribution < 1.29 is 17.9 Å². The van der Waals surface area contributed by atoms with Crippen molar-refractivity contribution in [3.05, 3.63) is 0 Å². The molecule has 6 nitrogen and oxygen atoms in total. The van der Waals surface area contributed by atoms with Crippen molar-refractivity contribution in [3.63, 3.8) is 0 Å². The summed E-state index contributed by atoms with van der Waals surface area (Å²) in [5.74, 6) is 0.0740. The van der Waals surface area contributed by atoms with E-state index in [0.29, 0.717) is 32.5 Å². The standard InChI is InChI=1S/C11H22N2O4S/c1-3-17-9-11(14)13-7-5-10(6-8-13)12-18(15,16)4-2/h10,12H,3-9H2,1-2H3. The zero-order valence-corrected chi connectivity index (χ0v) is 11.8. The van der Waals surface area contributed by atoms with Crippen LogP contribution in [0, 0.1) is 0 Å². The number of carbonyl (C=O) groups is 1. The van der Waals surface area contributed by atoms with Crippen LogP contribution in [0.4, 0.5) is 0 Å². The highest BCUT2D eigenvalue weighted by Crippen LogP contribution is 2.11. The zero-order valence-electron chi connectivity index (χ0n) is 11.0. The average molecular weight is 278 g/mol. The third-order valence-corrected chi connectivity index (χ3v) is 4.46. The van der Waals surface area contributed by atoms with E-state index < -0.39 is 10.0 Å². The van der Waals surface area contributed by atoms with Crippen molar-refractivity contribution in [2.24, 2.45) is 0 Å². The Morgan fingerprint density at radius 3 is 2.44 bits per heavy atom. The van der Waals surface area contributed by atoms with E-state index in [9.17, 15) is 13.2 Å². The van der Waals surface area contributed by atoms with E-state index in [1.807, 2.05) is 6.92 Å². The zero-order chi connectivity index (χ0) is 13.6. The third-order valence-electron chi connectivity index (χ3n) is 3.00. The van der Waals surface area contributed by atoms with Crippen LogP contribution < -0.4 is 4.72 Å². The van der Waals surface area contributed by atoms with Gasteiger partial charge in [0.05, 0.1) is 5.75 Å². The highest BCUT2D eigenvalue weighted by atomic mass is 32.2. The molecule has 0 spiro atoms. The first-order valence-corrected chi connectivity index (χ1v) is 7.99. The number of nitrogens with zero attached hydrogens (tertiary/aromatic N) is 1. The highest BCUT2D eigenvalue weighted by Gasteiger charge is 2.25. The number of hydrogen-bond donors (Lipinski definition) is 1. The Hall–Kier alpha value is -0.660. The highest BCUT2D eigenvalue weighted by molar-refractivity contribution is 7.89. The molecule has 0 aromatic carbocycles. The molecule has 0 aliphatic carbocycles. The maximum atomic E-state index is 11.7. The van der Waals surface area contributed by atoms with Crippen LogP contribution in [0.15, 0.2) is 0 Å². The Kier molecular flexibility index (Phi) is 6.04. The van der Waals surface area contributed by atoms with Gasteiger partial charge in [0.25, 0.3) is 0 Å². The van der Waals surface area contributed by atoms with E-state index >= 15 is 0 Å². The van der Waals surface area contributed by atoms with Crippen molar-refractivity contribution in [3.8, 4) is 0 Å². The second-order valence-corrected chi connectivity index (χ2v) is 6.36. The van der Waals surface area contributed by atoms with Gasteiger partial charge in [0, 0.05) is 25.7 Å². The van der Waals surface area contributed by atoms with E-state index in [1.54, 1.807) is 11.8 Å². The van der Waals surface area contributed by atoms with Gasteiger partial charge in [-0.1, -0.05) is 0 Å². The summed E-state index contributed by atoms with van der Waals surface area (Å²) >= 11 is 0. The van der Waals surface area contributed by atoms with Gasteiger partial charge in [0.1, 0.15) is 6.61 Å². The maximum Gasteiger partial charge on any atom is 0.248 e. The fourth-order valence-corrected chi connectivity index (χ4v) is 2.77. The summed E-state index contributed by atoms with van der Waals surface area (Å²) in [5.41, 5.74) is 0. The SMILES string of the molecule is CCOCC(=O)N1CCC(NS(=O)(=O)CC)CC1. The molecule has 0 atom stereocenters. The Morgan fingerprint density at radius 2 is 1.94 bits per heavy atom. The van der Waals surface area contributed by atoms with Gasteiger partial charge in [-0.3, -0.25) is 4.79 Å². The molecule has 106 valence electrons. The van der Waals surface area contributed by atoms with E-state index in [-0.39, 0.29) is 24.3 Å². The van der Waals surface area contributed by atoms with Crippen molar-refractivity contribution in [2.45, 2.75) is 32.7 Å². The first-order chi connectivity index (χ1) is 8.48. The van der Waals surface area contributed by atoms with Crippen LogP contribution >= 0.6 is 0 Å². The van der Waals surface area contributed by atoms with E-state index in [2.05, 4.69) is 4.72 Å². The molecule has 0 saturated carbocycles. The normalized spacial score (nSPS) is 18.0. The number of carbonyl (C=O) groups excluding carboxylic acids is 1. The quantitative estimate of drug-likeness (QED) is 0.739. The minimum Gasteiger partial charge on any atom is -0.372 e. The van der Waals surface area contributed by atoms with Crippen molar-refractivity contribution in [2.75, 3.05) is 32.1 Å². The summed E-state index contributed by atoms with van der Waals surface area (Å²) in [5, 5.41) is 0. The van der Waals surface area contributed by atoms with Crippen molar-refractivity contribution in [1.29, 1.82) is 0 Å². The number of ether oxygens (including phenoxy) is 1. The monoisotopic (exact) mass is 278 g/mol. The third kappa shape index (κ3) is 4.91. The smallest absolute Gasteiger partial charge is 0.248 e. The number of piperidine rings is 1. The fourth-order valence-electron chi connectivity index (χ4n) is 1.86. The summed E-state index contributed by atoms with van der Waals surface area (Å²) in [6.45, 7) is 5.27. The first kappa shape index (κ1) is 15.4. The summed E-state index contributed by atoms with van der Waals surface area (Å²) in [7, 11) is -3.15. The molecule has 1 heterocycles. The number of amides is 1. The molecular formula is C11H22N2O4S. The molecule has 1 saturated heterocycles. The molecule has 7 heteroatoms. The van der Waals surface area contributed by atoms with Gasteiger partial charge < -0.3 is 9.64 Å². The molecular weight excluding hydrogens is 256 g/mol. The number of rotatable bonds is 6. The van der Waals surface area contributed by atoms with Gasteiger partial charge in [-0.25, -0.2) is 13.1 Å².